The van der Waals surface area contributed by atoms with Crippen molar-refractivity contribution < 1.29 is 4.79 Å². The number of benzene rings is 1. The Morgan fingerprint density at radius 1 is 1.08 bits per heavy atom. The summed E-state index contributed by atoms with van der Waals surface area (Å²) >= 11 is 3.30. The van der Waals surface area contributed by atoms with Crippen LogP contribution in [0.1, 0.15) is 28.6 Å². The topological polar surface area (TPSA) is 36.4 Å². The Morgan fingerprint density at radius 2 is 1.81 bits per heavy atom. The maximum atomic E-state index is 12.2. The van der Waals surface area contributed by atoms with Gasteiger partial charge in [-0.3, -0.25) is 14.6 Å². The van der Waals surface area contributed by atoms with Crippen molar-refractivity contribution in [1.29, 1.82) is 0 Å². The van der Waals surface area contributed by atoms with E-state index in [-0.39, 0.29) is 5.91 Å². The summed E-state index contributed by atoms with van der Waals surface area (Å²) < 4.78 is 0. The van der Waals surface area contributed by atoms with Crippen LogP contribution in [0.3, 0.4) is 0 Å². The van der Waals surface area contributed by atoms with Crippen molar-refractivity contribution in [3.8, 4) is 0 Å². The Morgan fingerprint density at radius 3 is 2.42 bits per heavy atom. The highest BCUT2D eigenvalue weighted by molar-refractivity contribution is 7.14. The van der Waals surface area contributed by atoms with Crippen LogP contribution in [0, 0.1) is 13.8 Å². The fraction of sp³-hybridized carbons (Fsp3) is 0.300. The van der Waals surface area contributed by atoms with E-state index in [1.807, 2.05) is 36.6 Å². The number of carbonyl (C=O) groups excluding carboxylic acids is 1. The van der Waals surface area contributed by atoms with Gasteiger partial charge in [-0.15, -0.1) is 22.7 Å². The summed E-state index contributed by atoms with van der Waals surface area (Å²) in [6.07, 6.45) is 0. The molecular weight excluding hydrogens is 362 g/mol. The number of carbonyl (C=O) groups is 1. The van der Waals surface area contributed by atoms with Crippen LogP contribution < -0.4 is 4.90 Å². The highest BCUT2D eigenvalue weighted by Gasteiger charge is 2.18. The van der Waals surface area contributed by atoms with E-state index in [2.05, 4.69) is 30.3 Å². The largest absolute Gasteiger partial charge is 0.295 e. The third-order valence-corrected chi connectivity index (χ3v) is 6.03. The third kappa shape index (κ3) is 4.38. The van der Waals surface area contributed by atoms with Gasteiger partial charge in [-0.05, 0) is 50.0 Å². The number of thiazole rings is 1. The first kappa shape index (κ1) is 18.8. The smallest absolute Gasteiger partial charge is 0.230 e. The number of amides is 1. The minimum Gasteiger partial charge on any atom is -0.295 e. The van der Waals surface area contributed by atoms with E-state index in [0.29, 0.717) is 0 Å². The summed E-state index contributed by atoms with van der Waals surface area (Å²) in [5.41, 5.74) is 4.34. The zero-order valence-corrected chi connectivity index (χ0v) is 17.2. The Bertz CT molecular complexity index is 883. The maximum Gasteiger partial charge on any atom is 0.230 e. The lowest BCUT2D eigenvalue weighted by Crippen LogP contribution is -2.23. The molecule has 0 atom stereocenters. The van der Waals surface area contributed by atoms with E-state index >= 15 is 0 Å². The molecule has 0 spiro atoms. The lowest BCUT2D eigenvalue weighted by Gasteiger charge is -2.18. The van der Waals surface area contributed by atoms with Crippen LogP contribution in [0.5, 0.6) is 0 Å². The molecule has 1 aromatic carbocycles. The van der Waals surface area contributed by atoms with Gasteiger partial charge >= 0.3 is 0 Å². The predicted octanol–water partition coefficient (Wildman–Crippen LogP) is 5.14. The van der Waals surface area contributed by atoms with Crippen molar-refractivity contribution >= 4 is 39.4 Å². The lowest BCUT2D eigenvalue weighted by atomic mass is 10.2. The molecule has 0 saturated heterocycles. The fourth-order valence-corrected chi connectivity index (χ4v) is 4.60. The van der Waals surface area contributed by atoms with E-state index in [1.165, 1.54) is 27.3 Å². The fourth-order valence-electron chi connectivity index (χ4n) is 2.74. The molecule has 3 rings (SSSR count). The first-order valence-electron chi connectivity index (χ1n) is 8.47. The monoisotopic (exact) mass is 385 g/mol. The molecule has 0 aliphatic carbocycles. The molecule has 0 unspecified atom stereocenters. The van der Waals surface area contributed by atoms with Crippen LogP contribution in [-0.4, -0.2) is 22.8 Å². The van der Waals surface area contributed by atoms with E-state index < -0.39 is 0 Å². The minimum absolute atomic E-state index is 0.0303. The van der Waals surface area contributed by atoms with Crippen LogP contribution in [0.25, 0.3) is 0 Å². The number of thiophene rings is 1. The van der Waals surface area contributed by atoms with Gasteiger partial charge in [0.2, 0.25) is 5.91 Å². The van der Waals surface area contributed by atoms with E-state index in [1.54, 1.807) is 23.2 Å². The van der Waals surface area contributed by atoms with Gasteiger partial charge in [0.15, 0.2) is 5.13 Å². The van der Waals surface area contributed by atoms with Crippen molar-refractivity contribution in [2.24, 2.45) is 0 Å². The molecule has 3 aromatic rings. The molecule has 0 bridgehead atoms. The molecule has 0 N–H and O–H groups in total. The van der Waals surface area contributed by atoms with Gasteiger partial charge in [-0.25, -0.2) is 4.98 Å². The zero-order valence-electron chi connectivity index (χ0n) is 15.5. The first-order valence-corrected chi connectivity index (χ1v) is 10.2. The van der Waals surface area contributed by atoms with Gasteiger partial charge in [0.05, 0.1) is 11.4 Å². The highest BCUT2D eigenvalue weighted by atomic mass is 32.1. The minimum atomic E-state index is -0.0303. The van der Waals surface area contributed by atoms with Crippen LogP contribution >= 0.6 is 22.7 Å². The molecule has 0 aliphatic heterocycles. The molecule has 0 fully saturated rings. The summed E-state index contributed by atoms with van der Waals surface area (Å²) in [6.45, 7) is 7.42. The number of hydrogen-bond donors (Lipinski definition) is 0. The molecule has 136 valence electrons. The number of rotatable bonds is 6. The lowest BCUT2D eigenvalue weighted by molar-refractivity contribution is -0.115. The van der Waals surface area contributed by atoms with Crippen molar-refractivity contribution in [2.75, 3.05) is 11.9 Å². The molecule has 4 nitrogen and oxygen atoms in total. The summed E-state index contributed by atoms with van der Waals surface area (Å²) in [4.78, 5) is 22.2. The maximum absolute atomic E-state index is 12.2. The SMILES string of the molecule is CC(=O)N(c1ccc(C)cc1)c1nc(CN(C)Cc2sccc2C)cs1. The normalized spacial score (nSPS) is 11.1. The molecule has 26 heavy (non-hydrogen) atoms. The summed E-state index contributed by atoms with van der Waals surface area (Å²) in [5.74, 6) is -0.0303. The van der Waals surface area contributed by atoms with Crippen molar-refractivity contribution in [3.63, 3.8) is 0 Å². The summed E-state index contributed by atoms with van der Waals surface area (Å²) in [6, 6.07) is 10.1. The van der Waals surface area contributed by atoms with Gasteiger partial charge in [0, 0.05) is 30.3 Å². The standard InChI is InChI=1S/C20H23N3OS2/c1-14-5-7-18(8-6-14)23(16(3)24)20-21-17(13-26-20)11-22(4)12-19-15(2)9-10-25-19/h5-10,13H,11-12H2,1-4H3. The van der Waals surface area contributed by atoms with E-state index in [9.17, 15) is 4.79 Å². The molecule has 6 heteroatoms. The molecule has 0 aliphatic rings. The first-order chi connectivity index (χ1) is 12.4. The van der Waals surface area contributed by atoms with Gasteiger partial charge in [0.25, 0.3) is 0 Å². The van der Waals surface area contributed by atoms with Gasteiger partial charge < -0.3 is 0 Å². The summed E-state index contributed by atoms with van der Waals surface area (Å²) in [5, 5.41) is 4.89. The predicted molar refractivity (Wildman–Crippen MR) is 110 cm³/mol. The average Bonchev–Trinajstić information content (AvgIpc) is 3.19. The molecule has 0 saturated carbocycles. The average molecular weight is 386 g/mol. The van der Waals surface area contributed by atoms with Gasteiger partial charge in [0.1, 0.15) is 0 Å². The molecule has 1 amide bonds. The second-order valence-electron chi connectivity index (χ2n) is 6.51. The van der Waals surface area contributed by atoms with Crippen molar-refractivity contribution in [2.45, 2.75) is 33.9 Å². The molecule has 0 radical (unpaired) electrons. The van der Waals surface area contributed by atoms with Crippen molar-refractivity contribution in [3.05, 3.63) is 62.8 Å². The summed E-state index contributed by atoms with van der Waals surface area (Å²) in [7, 11) is 2.10. The highest BCUT2D eigenvalue weighted by Crippen LogP contribution is 2.29. The molecule has 2 aromatic heterocycles. The number of aromatic nitrogens is 1. The second-order valence-corrected chi connectivity index (χ2v) is 8.35. The van der Waals surface area contributed by atoms with Gasteiger partial charge in [-0.2, -0.15) is 0 Å². The Balaban J connectivity index is 1.73. The second kappa shape index (κ2) is 8.12. The quantitative estimate of drug-likeness (QED) is 0.590. The number of nitrogens with zero attached hydrogens (tertiary/aromatic N) is 3. The van der Waals surface area contributed by atoms with Crippen LogP contribution in [-0.2, 0) is 17.9 Å². The van der Waals surface area contributed by atoms with E-state index in [0.717, 1.165) is 29.6 Å². The number of aryl methyl sites for hydroxylation is 2. The van der Waals surface area contributed by atoms with Crippen LogP contribution in [0.4, 0.5) is 10.8 Å². The molecule has 2 heterocycles. The Labute approximate surface area is 162 Å². The Hall–Kier alpha value is -2.02. The zero-order chi connectivity index (χ0) is 18.7. The Kier molecular flexibility index (Phi) is 5.86. The van der Waals surface area contributed by atoms with Crippen molar-refractivity contribution in [1.82, 2.24) is 9.88 Å². The number of hydrogen-bond acceptors (Lipinski definition) is 5. The van der Waals surface area contributed by atoms with Crippen LogP contribution in [0.2, 0.25) is 0 Å². The van der Waals surface area contributed by atoms with Crippen LogP contribution in [0.15, 0.2) is 41.1 Å². The number of anilines is 2. The van der Waals surface area contributed by atoms with E-state index in [4.69, 9.17) is 4.98 Å². The third-order valence-electron chi connectivity index (χ3n) is 4.15. The molecular formula is C20H23N3OS2. The van der Waals surface area contributed by atoms with Gasteiger partial charge in [-0.1, -0.05) is 17.7 Å².